The summed E-state index contributed by atoms with van der Waals surface area (Å²) in [4.78, 5) is 27.5. The van der Waals surface area contributed by atoms with E-state index in [1.54, 1.807) is 25.1 Å². The largest absolute Gasteiger partial charge is 0.457 e. The van der Waals surface area contributed by atoms with Crippen LogP contribution in [0.15, 0.2) is 65.2 Å². The van der Waals surface area contributed by atoms with Gasteiger partial charge in [0.2, 0.25) is 0 Å². The molecule has 2 heterocycles. The first-order valence-electron chi connectivity index (χ1n) is 8.76. The summed E-state index contributed by atoms with van der Waals surface area (Å²) in [6.07, 6.45) is 0. The number of non-ortho nitro benzene ring substituents is 1. The van der Waals surface area contributed by atoms with Gasteiger partial charge in [0.05, 0.1) is 27.3 Å². The van der Waals surface area contributed by atoms with Crippen LogP contribution < -0.4 is 0 Å². The van der Waals surface area contributed by atoms with Gasteiger partial charge in [-0.25, -0.2) is 9.78 Å². The van der Waals surface area contributed by atoms with Crippen LogP contribution in [0.2, 0.25) is 0 Å². The van der Waals surface area contributed by atoms with E-state index in [-0.39, 0.29) is 18.0 Å². The maximum atomic E-state index is 12.8. The molecular weight excluding hydrogens is 374 g/mol. The summed E-state index contributed by atoms with van der Waals surface area (Å²) in [6.45, 7) is 1.70. The lowest BCUT2D eigenvalue weighted by atomic mass is 10.1. The molecule has 2 aromatic carbocycles. The second-order valence-electron chi connectivity index (χ2n) is 6.37. The number of benzene rings is 2. The second-order valence-corrected chi connectivity index (χ2v) is 6.37. The van der Waals surface area contributed by atoms with Crippen LogP contribution in [-0.4, -0.2) is 21.0 Å². The van der Waals surface area contributed by atoms with E-state index < -0.39 is 10.9 Å². The topological polar surface area (TPSA) is 108 Å². The first-order chi connectivity index (χ1) is 14.0. The summed E-state index contributed by atoms with van der Waals surface area (Å²) in [7, 11) is 0. The maximum Gasteiger partial charge on any atom is 0.339 e. The van der Waals surface area contributed by atoms with Crippen LogP contribution in [0.1, 0.15) is 21.6 Å². The highest BCUT2D eigenvalue weighted by Gasteiger charge is 2.20. The molecule has 4 aromatic rings. The number of nitro groups is 1. The molecule has 0 spiro atoms. The number of ether oxygens (including phenoxy) is 1. The van der Waals surface area contributed by atoms with Crippen LogP contribution in [0.4, 0.5) is 5.69 Å². The molecule has 8 nitrogen and oxygen atoms in total. The Morgan fingerprint density at radius 2 is 1.86 bits per heavy atom. The monoisotopic (exact) mass is 389 g/mol. The van der Waals surface area contributed by atoms with E-state index in [0.717, 1.165) is 5.56 Å². The smallest absolute Gasteiger partial charge is 0.339 e. The van der Waals surface area contributed by atoms with Gasteiger partial charge >= 0.3 is 5.97 Å². The van der Waals surface area contributed by atoms with Gasteiger partial charge in [-0.1, -0.05) is 35.5 Å². The predicted molar refractivity (Wildman–Crippen MR) is 104 cm³/mol. The lowest BCUT2D eigenvalue weighted by Gasteiger charge is -2.08. The van der Waals surface area contributed by atoms with Gasteiger partial charge in [-0.2, -0.15) is 0 Å². The molecule has 0 amide bonds. The van der Waals surface area contributed by atoms with Crippen molar-refractivity contribution in [2.45, 2.75) is 13.5 Å². The van der Waals surface area contributed by atoms with Crippen LogP contribution in [0.5, 0.6) is 0 Å². The Balaban J connectivity index is 1.64. The SMILES string of the molecule is Cc1noc2nc(-c3ccccc3)cc(C(=O)OCc3ccc([N+](=O)[O-])cc3)c12. The third-order valence-electron chi connectivity index (χ3n) is 4.42. The first-order valence-corrected chi connectivity index (χ1v) is 8.76. The van der Waals surface area contributed by atoms with E-state index in [1.807, 2.05) is 30.3 Å². The number of carbonyl (C=O) groups excluding carboxylic acids is 1. The fourth-order valence-electron chi connectivity index (χ4n) is 2.95. The third kappa shape index (κ3) is 3.68. The quantitative estimate of drug-likeness (QED) is 0.281. The first kappa shape index (κ1) is 18.3. The van der Waals surface area contributed by atoms with Gasteiger partial charge in [0, 0.05) is 17.7 Å². The number of rotatable bonds is 5. The molecule has 29 heavy (non-hydrogen) atoms. The normalized spacial score (nSPS) is 10.8. The van der Waals surface area contributed by atoms with Crippen molar-refractivity contribution in [2.24, 2.45) is 0 Å². The number of nitrogens with zero attached hydrogens (tertiary/aromatic N) is 3. The molecule has 0 N–H and O–H groups in total. The number of hydrogen-bond acceptors (Lipinski definition) is 7. The van der Waals surface area contributed by atoms with Crippen molar-refractivity contribution in [3.8, 4) is 11.3 Å². The van der Waals surface area contributed by atoms with Crippen molar-refractivity contribution in [2.75, 3.05) is 0 Å². The Kier molecular flexibility index (Phi) is 4.74. The number of aromatic nitrogens is 2. The zero-order valence-corrected chi connectivity index (χ0v) is 15.4. The van der Waals surface area contributed by atoms with E-state index in [4.69, 9.17) is 9.26 Å². The van der Waals surface area contributed by atoms with E-state index >= 15 is 0 Å². The van der Waals surface area contributed by atoms with Gasteiger partial charge < -0.3 is 9.26 Å². The lowest BCUT2D eigenvalue weighted by Crippen LogP contribution is -2.07. The molecule has 0 saturated carbocycles. The Morgan fingerprint density at radius 1 is 1.14 bits per heavy atom. The highest BCUT2D eigenvalue weighted by atomic mass is 16.6. The van der Waals surface area contributed by atoms with Crippen molar-refractivity contribution in [3.05, 3.63) is 87.6 Å². The van der Waals surface area contributed by atoms with E-state index in [1.165, 1.54) is 12.1 Å². The maximum absolute atomic E-state index is 12.8. The van der Waals surface area contributed by atoms with Gasteiger partial charge in [-0.3, -0.25) is 10.1 Å². The number of carbonyl (C=O) groups is 1. The van der Waals surface area contributed by atoms with Gasteiger partial charge in [0.1, 0.15) is 6.61 Å². The number of fused-ring (bicyclic) bond motifs is 1. The van der Waals surface area contributed by atoms with Crippen LogP contribution >= 0.6 is 0 Å². The molecule has 0 aliphatic heterocycles. The Hall–Kier alpha value is -4.07. The average molecular weight is 389 g/mol. The second kappa shape index (κ2) is 7.51. The molecule has 2 aromatic heterocycles. The van der Waals surface area contributed by atoms with E-state index in [9.17, 15) is 14.9 Å². The highest BCUT2D eigenvalue weighted by Crippen LogP contribution is 2.27. The summed E-state index contributed by atoms with van der Waals surface area (Å²) in [6, 6.07) is 16.9. The minimum absolute atomic E-state index is 0.0222. The van der Waals surface area contributed by atoms with Crippen molar-refractivity contribution in [3.63, 3.8) is 0 Å². The van der Waals surface area contributed by atoms with Crippen molar-refractivity contribution < 1.29 is 19.0 Å². The lowest BCUT2D eigenvalue weighted by molar-refractivity contribution is -0.384. The fourth-order valence-corrected chi connectivity index (χ4v) is 2.95. The molecule has 0 saturated heterocycles. The molecule has 144 valence electrons. The van der Waals surface area contributed by atoms with Crippen LogP contribution in [0, 0.1) is 17.0 Å². The summed E-state index contributed by atoms with van der Waals surface area (Å²) >= 11 is 0. The van der Waals surface area contributed by atoms with Gasteiger partial charge in [0.25, 0.3) is 11.4 Å². The van der Waals surface area contributed by atoms with Crippen LogP contribution in [0.25, 0.3) is 22.4 Å². The van der Waals surface area contributed by atoms with Gasteiger partial charge in [0.15, 0.2) is 0 Å². The molecular formula is C21H15N3O5. The Morgan fingerprint density at radius 3 is 2.55 bits per heavy atom. The minimum Gasteiger partial charge on any atom is -0.457 e. The van der Waals surface area contributed by atoms with Gasteiger partial charge in [-0.05, 0) is 30.7 Å². The molecule has 0 radical (unpaired) electrons. The molecule has 0 unspecified atom stereocenters. The molecule has 0 aliphatic rings. The summed E-state index contributed by atoms with van der Waals surface area (Å²) in [5.41, 5.74) is 3.10. The number of nitro benzene ring substituents is 1. The molecule has 0 fully saturated rings. The average Bonchev–Trinajstić information content (AvgIpc) is 3.13. The van der Waals surface area contributed by atoms with Crippen molar-refractivity contribution in [1.82, 2.24) is 10.1 Å². The molecule has 4 rings (SSSR count). The standard InChI is InChI=1S/C21H15N3O5/c1-13-19-17(21(25)28-12-14-7-9-16(10-8-14)24(26)27)11-18(22-20(19)29-23-13)15-5-3-2-4-6-15/h2-11H,12H2,1H3. The highest BCUT2D eigenvalue weighted by molar-refractivity contribution is 6.04. The summed E-state index contributed by atoms with van der Waals surface area (Å²) < 4.78 is 10.7. The van der Waals surface area contributed by atoms with Crippen molar-refractivity contribution >= 4 is 22.8 Å². The fraction of sp³-hybridized carbons (Fsp3) is 0.0952. The number of aryl methyl sites for hydroxylation is 1. The predicted octanol–water partition coefficient (Wildman–Crippen LogP) is 4.46. The molecule has 0 aliphatic carbocycles. The van der Waals surface area contributed by atoms with Gasteiger partial charge in [-0.15, -0.1) is 0 Å². The number of hydrogen-bond donors (Lipinski definition) is 0. The van der Waals surface area contributed by atoms with Crippen molar-refractivity contribution in [1.29, 1.82) is 0 Å². The summed E-state index contributed by atoms with van der Waals surface area (Å²) in [5, 5.41) is 15.2. The molecule has 8 heteroatoms. The van der Waals surface area contributed by atoms with E-state index in [2.05, 4.69) is 10.1 Å². The number of esters is 1. The Labute approximate surface area is 164 Å². The number of pyridine rings is 1. The Bertz CT molecular complexity index is 1200. The minimum atomic E-state index is -0.556. The summed E-state index contributed by atoms with van der Waals surface area (Å²) in [5.74, 6) is -0.556. The molecule has 0 atom stereocenters. The third-order valence-corrected chi connectivity index (χ3v) is 4.42. The van der Waals surface area contributed by atoms with Crippen LogP contribution in [-0.2, 0) is 11.3 Å². The van der Waals surface area contributed by atoms with Crippen LogP contribution in [0.3, 0.4) is 0 Å². The molecule has 0 bridgehead atoms. The zero-order valence-electron chi connectivity index (χ0n) is 15.4. The zero-order chi connectivity index (χ0) is 20.4. The van der Waals surface area contributed by atoms with E-state index in [0.29, 0.717) is 27.9 Å².